The lowest BCUT2D eigenvalue weighted by Crippen LogP contribution is -2.24. The van der Waals surface area contributed by atoms with Gasteiger partial charge in [0.1, 0.15) is 11.5 Å². The number of carboxylic acids is 1. The van der Waals surface area contributed by atoms with Crippen molar-refractivity contribution < 1.29 is 24.1 Å². The van der Waals surface area contributed by atoms with Gasteiger partial charge in [0.2, 0.25) is 0 Å². The van der Waals surface area contributed by atoms with Crippen molar-refractivity contribution in [1.29, 1.82) is 0 Å². The van der Waals surface area contributed by atoms with Crippen LogP contribution in [0, 0.1) is 0 Å². The molecule has 1 N–H and O–H groups in total. The minimum absolute atomic E-state index is 0.0682. The van der Waals surface area contributed by atoms with E-state index in [9.17, 15) is 4.79 Å². The number of methoxy groups -OCH3 is 1. The summed E-state index contributed by atoms with van der Waals surface area (Å²) < 4.78 is 16.6. The highest BCUT2D eigenvalue weighted by molar-refractivity contribution is 5.72. The number of hydrogen-bond acceptors (Lipinski definition) is 4. The average molecular weight is 449 g/mol. The molecule has 3 aromatic rings. The van der Waals surface area contributed by atoms with Crippen LogP contribution < -0.4 is 9.47 Å². The Morgan fingerprint density at radius 1 is 0.818 bits per heavy atom. The highest BCUT2D eigenvalue weighted by Gasteiger charge is 2.22. The fourth-order valence-corrected chi connectivity index (χ4v) is 3.64. The first kappa shape index (κ1) is 24.3. The third kappa shape index (κ3) is 6.83. The lowest BCUT2D eigenvalue weighted by Gasteiger charge is -2.26. The molecule has 0 aliphatic carbocycles. The highest BCUT2D eigenvalue weighted by Crippen LogP contribution is 2.32. The van der Waals surface area contributed by atoms with Crippen molar-refractivity contribution in [2.24, 2.45) is 0 Å². The standard InChI is InChI=1S/C28H32O5/c1-28(2,22-8-5-4-6-9-22)23-12-16-25(17-13-23)33-19-7-18-32-24-14-10-21(11-15-24)20-26(31-3)27(29)30/h4-6,8-17,26H,7,18-20H2,1-3H3,(H,29,30). The molecule has 0 radical (unpaired) electrons. The second-order valence-electron chi connectivity index (χ2n) is 8.48. The molecule has 0 aliphatic heterocycles. The van der Waals surface area contributed by atoms with Gasteiger partial charge in [0, 0.05) is 25.4 Å². The number of carboxylic acid groups (broad SMARTS) is 1. The van der Waals surface area contributed by atoms with Crippen LogP contribution in [0.15, 0.2) is 78.9 Å². The highest BCUT2D eigenvalue weighted by atomic mass is 16.5. The third-order valence-electron chi connectivity index (χ3n) is 5.80. The molecular formula is C28H32O5. The van der Waals surface area contributed by atoms with Crippen molar-refractivity contribution >= 4 is 5.97 Å². The van der Waals surface area contributed by atoms with E-state index in [-0.39, 0.29) is 5.41 Å². The van der Waals surface area contributed by atoms with E-state index in [4.69, 9.17) is 19.3 Å². The predicted octanol–water partition coefficient (Wildman–Crippen LogP) is 5.50. The molecule has 174 valence electrons. The molecule has 1 unspecified atom stereocenters. The molecule has 5 nitrogen and oxygen atoms in total. The Kier molecular flexibility index (Phi) is 8.50. The summed E-state index contributed by atoms with van der Waals surface area (Å²) in [5.74, 6) is 0.626. The van der Waals surface area contributed by atoms with E-state index in [2.05, 4.69) is 50.2 Å². The Morgan fingerprint density at radius 2 is 1.33 bits per heavy atom. The predicted molar refractivity (Wildman–Crippen MR) is 129 cm³/mol. The smallest absolute Gasteiger partial charge is 0.333 e. The van der Waals surface area contributed by atoms with Gasteiger partial charge in [-0.1, -0.05) is 68.4 Å². The largest absolute Gasteiger partial charge is 0.493 e. The van der Waals surface area contributed by atoms with E-state index in [1.54, 1.807) is 0 Å². The number of aliphatic carboxylic acids is 1. The average Bonchev–Trinajstić information content (AvgIpc) is 2.84. The van der Waals surface area contributed by atoms with Crippen molar-refractivity contribution in [2.75, 3.05) is 20.3 Å². The van der Waals surface area contributed by atoms with Crippen LogP contribution in [0.5, 0.6) is 11.5 Å². The molecule has 0 saturated heterocycles. The summed E-state index contributed by atoms with van der Waals surface area (Å²) in [5, 5.41) is 9.07. The molecule has 5 heteroatoms. The molecule has 33 heavy (non-hydrogen) atoms. The molecule has 3 aromatic carbocycles. The normalized spacial score (nSPS) is 12.2. The van der Waals surface area contributed by atoms with Crippen molar-refractivity contribution in [3.05, 3.63) is 95.6 Å². The van der Waals surface area contributed by atoms with Gasteiger partial charge in [-0.15, -0.1) is 0 Å². The summed E-state index contributed by atoms with van der Waals surface area (Å²) in [6.45, 7) is 5.55. The second-order valence-corrected chi connectivity index (χ2v) is 8.48. The van der Waals surface area contributed by atoms with Crippen molar-refractivity contribution in [1.82, 2.24) is 0 Å². The molecule has 0 amide bonds. The summed E-state index contributed by atoms with van der Waals surface area (Å²) in [6, 6.07) is 26.2. The van der Waals surface area contributed by atoms with Gasteiger partial charge in [0.25, 0.3) is 0 Å². The van der Waals surface area contributed by atoms with E-state index >= 15 is 0 Å². The maximum Gasteiger partial charge on any atom is 0.333 e. The Hall–Kier alpha value is -3.31. The summed E-state index contributed by atoms with van der Waals surface area (Å²) in [6.07, 6.45) is 0.234. The molecule has 0 aliphatic rings. The minimum atomic E-state index is -0.965. The first-order valence-corrected chi connectivity index (χ1v) is 11.2. The monoisotopic (exact) mass is 448 g/mol. The van der Waals surface area contributed by atoms with Crippen LogP contribution in [0.3, 0.4) is 0 Å². The summed E-state index contributed by atoms with van der Waals surface area (Å²) >= 11 is 0. The van der Waals surface area contributed by atoms with Crippen LogP contribution in [0.2, 0.25) is 0 Å². The van der Waals surface area contributed by atoms with E-state index in [0.29, 0.717) is 19.6 Å². The van der Waals surface area contributed by atoms with Crippen LogP contribution in [0.1, 0.15) is 37.0 Å². The molecule has 0 bridgehead atoms. The zero-order valence-corrected chi connectivity index (χ0v) is 19.5. The fourth-order valence-electron chi connectivity index (χ4n) is 3.64. The van der Waals surface area contributed by atoms with Gasteiger partial charge in [-0.3, -0.25) is 0 Å². The number of hydrogen-bond donors (Lipinski definition) is 1. The van der Waals surface area contributed by atoms with Crippen LogP contribution >= 0.6 is 0 Å². The molecule has 0 heterocycles. The van der Waals surface area contributed by atoms with Gasteiger partial charge in [0.05, 0.1) is 13.2 Å². The maximum absolute atomic E-state index is 11.1. The number of carbonyl (C=O) groups is 1. The van der Waals surface area contributed by atoms with E-state index in [1.165, 1.54) is 18.2 Å². The summed E-state index contributed by atoms with van der Waals surface area (Å²) in [4.78, 5) is 11.1. The SMILES string of the molecule is COC(Cc1ccc(OCCCOc2ccc(C(C)(C)c3ccccc3)cc2)cc1)C(=O)O. The molecular weight excluding hydrogens is 416 g/mol. The van der Waals surface area contributed by atoms with E-state index in [0.717, 1.165) is 23.5 Å². The van der Waals surface area contributed by atoms with Gasteiger partial charge < -0.3 is 19.3 Å². The van der Waals surface area contributed by atoms with Gasteiger partial charge in [-0.2, -0.15) is 0 Å². The number of ether oxygens (including phenoxy) is 3. The lowest BCUT2D eigenvalue weighted by atomic mass is 9.78. The van der Waals surface area contributed by atoms with E-state index < -0.39 is 12.1 Å². The number of benzene rings is 3. The Morgan fingerprint density at radius 3 is 1.85 bits per heavy atom. The van der Waals surface area contributed by atoms with Crippen LogP contribution in [0.25, 0.3) is 0 Å². The van der Waals surface area contributed by atoms with Gasteiger partial charge in [-0.25, -0.2) is 4.79 Å². The van der Waals surface area contributed by atoms with Crippen LogP contribution in [-0.2, 0) is 21.4 Å². The first-order valence-electron chi connectivity index (χ1n) is 11.2. The zero-order valence-electron chi connectivity index (χ0n) is 19.5. The van der Waals surface area contributed by atoms with Crippen molar-refractivity contribution in [2.45, 2.75) is 38.2 Å². The van der Waals surface area contributed by atoms with Crippen molar-refractivity contribution in [3.8, 4) is 11.5 Å². The Balaban J connectivity index is 1.41. The van der Waals surface area contributed by atoms with Crippen LogP contribution in [-0.4, -0.2) is 37.5 Å². The lowest BCUT2D eigenvalue weighted by molar-refractivity contribution is -0.148. The molecule has 1 atom stereocenters. The molecule has 0 saturated carbocycles. The topological polar surface area (TPSA) is 65.0 Å². The zero-order chi connectivity index (χ0) is 23.7. The van der Waals surface area contributed by atoms with Gasteiger partial charge in [0.15, 0.2) is 6.10 Å². The summed E-state index contributed by atoms with van der Waals surface area (Å²) in [7, 11) is 1.40. The van der Waals surface area contributed by atoms with E-state index in [1.807, 2.05) is 42.5 Å². The van der Waals surface area contributed by atoms with Gasteiger partial charge >= 0.3 is 5.97 Å². The fraction of sp³-hybridized carbons (Fsp3) is 0.321. The minimum Gasteiger partial charge on any atom is -0.493 e. The first-order chi connectivity index (χ1) is 15.9. The maximum atomic E-state index is 11.1. The second kappa shape index (κ2) is 11.5. The van der Waals surface area contributed by atoms with Gasteiger partial charge in [-0.05, 0) is 41.0 Å². The molecule has 0 aromatic heterocycles. The van der Waals surface area contributed by atoms with Crippen molar-refractivity contribution in [3.63, 3.8) is 0 Å². The molecule has 0 spiro atoms. The Bertz CT molecular complexity index is 995. The molecule has 0 fully saturated rings. The quantitative estimate of drug-likeness (QED) is 0.371. The summed E-state index contributed by atoms with van der Waals surface area (Å²) in [5.41, 5.74) is 3.34. The Labute approximate surface area is 195 Å². The third-order valence-corrected chi connectivity index (χ3v) is 5.80. The molecule has 3 rings (SSSR count). The number of rotatable bonds is 12. The van der Waals surface area contributed by atoms with Crippen LogP contribution in [0.4, 0.5) is 0 Å².